The molecule has 0 aliphatic heterocycles. The molecule has 0 bridgehead atoms. The molecule has 3 rings (SSSR count). The van der Waals surface area contributed by atoms with Gasteiger partial charge in [0.25, 0.3) is 5.91 Å². The summed E-state index contributed by atoms with van der Waals surface area (Å²) in [4.78, 5) is 30.1. The fraction of sp³-hybridized carbons (Fsp3) is 0.200. The number of carboxylic acids is 1. The molecule has 3 heterocycles. The van der Waals surface area contributed by atoms with Crippen LogP contribution < -0.4 is 5.32 Å². The summed E-state index contributed by atoms with van der Waals surface area (Å²) in [6, 6.07) is -0.470. The normalized spacial score (nSPS) is 13.1. The minimum atomic E-state index is -4.67. The number of aromatic nitrogens is 2. The summed E-state index contributed by atoms with van der Waals surface area (Å²) in [5.74, 6) is -2.90. The highest BCUT2D eigenvalue weighted by molar-refractivity contribution is 7.26. The fourth-order valence-corrected chi connectivity index (χ4v) is 3.76. The summed E-state index contributed by atoms with van der Waals surface area (Å²) < 4.78 is 39.0. The zero-order valence-corrected chi connectivity index (χ0v) is 14.8. The number of carboxylic acid groups (broad SMARTS) is 1. The van der Waals surface area contributed by atoms with E-state index in [0.717, 1.165) is 23.6 Å². The number of fused-ring (bicyclic) bond motifs is 3. The minimum Gasteiger partial charge on any atom is -0.504 e. The van der Waals surface area contributed by atoms with Gasteiger partial charge in [-0.2, -0.15) is 13.2 Å². The Kier molecular flexibility index (Phi) is 4.60. The van der Waals surface area contributed by atoms with E-state index in [1.165, 1.54) is 6.92 Å². The van der Waals surface area contributed by atoms with Crippen LogP contribution in [0.2, 0.25) is 5.15 Å². The van der Waals surface area contributed by atoms with E-state index in [9.17, 15) is 27.9 Å². The molecule has 1 unspecified atom stereocenters. The molecule has 0 aliphatic carbocycles. The average Bonchev–Trinajstić information content (AvgIpc) is 2.96. The van der Waals surface area contributed by atoms with Crippen molar-refractivity contribution in [1.29, 1.82) is 0 Å². The Morgan fingerprint density at radius 2 is 2.04 bits per heavy atom. The first-order chi connectivity index (χ1) is 12.5. The SMILES string of the molecule is CC(NC(=O)c1nc(Cl)c2c(sc3cnc(C(F)(F)F)cc32)c1O)C(=O)O. The molecule has 0 saturated heterocycles. The highest BCUT2D eigenvalue weighted by Crippen LogP contribution is 2.44. The van der Waals surface area contributed by atoms with Crippen molar-refractivity contribution < 1.29 is 33.0 Å². The second kappa shape index (κ2) is 6.50. The summed E-state index contributed by atoms with van der Waals surface area (Å²) in [5, 5.41) is 21.1. The van der Waals surface area contributed by atoms with Crippen LogP contribution in [0, 0.1) is 0 Å². The highest BCUT2D eigenvalue weighted by Gasteiger charge is 2.33. The molecular formula is C15H9ClF3N3O4S. The molecule has 0 radical (unpaired) electrons. The number of hydrogen-bond acceptors (Lipinski definition) is 6. The van der Waals surface area contributed by atoms with Crippen LogP contribution in [0.3, 0.4) is 0 Å². The number of alkyl halides is 3. The Morgan fingerprint density at radius 3 is 2.63 bits per heavy atom. The lowest BCUT2D eigenvalue weighted by Crippen LogP contribution is -2.38. The number of nitrogens with zero attached hydrogens (tertiary/aromatic N) is 2. The number of rotatable bonds is 3. The van der Waals surface area contributed by atoms with Crippen LogP contribution in [0.15, 0.2) is 12.3 Å². The number of thiophene rings is 1. The average molecular weight is 420 g/mol. The summed E-state index contributed by atoms with van der Waals surface area (Å²) in [7, 11) is 0. The van der Waals surface area contributed by atoms with Crippen molar-refractivity contribution in [2.24, 2.45) is 0 Å². The van der Waals surface area contributed by atoms with Crippen molar-refractivity contribution >= 4 is 55.0 Å². The Labute approximate surface area is 157 Å². The van der Waals surface area contributed by atoms with Crippen LogP contribution in [0.4, 0.5) is 13.2 Å². The molecule has 1 amide bonds. The van der Waals surface area contributed by atoms with Crippen molar-refractivity contribution in [1.82, 2.24) is 15.3 Å². The van der Waals surface area contributed by atoms with Gasteiger partial charge in [-0.05, 0) is 13.0 Å². The number of aliphatic carboxylic acids is 1. The summed E-state index contributed by atoms with van der Waals surface area (Å²) in [6.45, 7) is 1.21. The lowest BCUT2D eigenvalue weighted by Gasteiger charge is -2.10. The van der Waals surface area contributed by atoms with E-state index in [0.29, 0.717) is 4.70 Å². The van der Waals surface area contributed by atoms with Gasteiger partial charge in [-0.15, -0.1) is 11.3 Å². The van der Waals surface area contributed by atoms with E-state index in [1.807, 2.05) is 0 Å². The van der Waals surface area contributed by atoms with E-state index < -0.39 is 41.2 Å². The molecule has 3 N–H and O–H groups in total. The van der Waals surface area contributed by atoms with E-state index in [2.05, 4.69) is 15.3 Å². The summed E-state index contributed by atoms with van der Waals surface area (Å²) in [6.07, 6.45) is -3.68. The number of carbonyl (C=O) groups is 2. The van der Waals surface area contributed by atoms with Gasteiger partial charge in [0.15, 0.2) is 11.4 Å². The molecule has 0 fully saturated rings. The quantitative estimate of drug-likeness (QED) is 0.561. The maximum Gasteiger partial charge on any atom is 0.433 e. The molecular weight excluding hydrogens is 411 g/mol. The number of nitrogens with one attached hydrogen (secondary N) is 1. The van der Waals surface area contributed by atoms with E-state index in [1.54, 1.807) is 0 Å². The third kappa shape index (κ3) is 3.35. The molecule has 0 spiro atoms. The molecule has 27 heavy (non-hydrogen) atoms. The van der Waals surface area contributed by atoms with Gasteiger partial charge in [-0.1, -0.05) is 11.6 Å². The van der Waals surface area contributed by atoms with Gasteiger partial charge in [-0.25, -0.2) is 4.98 Å². The number of amides is 1. The second-order valence-electron chi connectivity index (χ2n) is 5.50. The maximum absolute atomic E-state index is 12.9. The molecule has 142 valence electrons. The van der Waals surface area contributed by atoms with Crippen molar-refractivity contribution in [3.63, 3.8) is 0 Å². The van der Waals surface area contributed by atoms with Crippen molar-refractivity contribution in [3.8, 4) is 5.75 Å². The highest BCUT2D eigenvalue weighted by atomic mass is 35.5. The van der Waals surface area contributed by atoms with Gasteiger partial charge in [-0.3, -0.25) is 14.6 Å². The molecule has 12 heteroatoms. The smallest absolute Gasteiger partial charge is 0.433 e. The summed E-state index contributed by atoms with van der Waals surface area (Å²) in [5.41, 5.74) is -1.67. The third-order valence-electron chi connectivity index (χ3n) is 3.65. The molecule has 0 aliphatic rings. The predicted octanol–water partition coefficient (Wildman–Crippen LogP) is 3.43. The Bertz CT molecular complexity index is 1100. The van der Waals surface area contributed by atoms with Gasteiger partial charge >= 0.3 is 12.1 Å². The lowest BCUT2D eigenvalue weighted by molar-refractivity contribution is -0.141. The van der Waals surface area contributed by atoms with Crippen LogP contribution in [0.5, 0.6) is 5.75 Å². The number of pyridine rings is 2. The number of carbonyl (C=O) groups excluding carboxylic acids is 1. The lowest BCUT2D eigenvalue weighted by atomic mass is 10.1. The number of hydrogen-bond donors (Lipinski definition) is 3. The van der Waals surface area contributed by atoms with Crippen molar-refractivity contribution in [2.75, 3.05) is 0 Å². The Hall–Kier alpha value is -2.66. The molecule has 3 aromatic rings. The number of halogens is 4. The van der Waals surface area contributed by atoms with Gasteiger partial charge in [0, 0.05) is 17.0 Å². The monoisotopic (exact) mass is 419 g/mol. The van der Waals surface area contributed by atoms with E-state index >= 15 is 0 Å². The third-order valence-corrected chi connectivity index (χ3v) is 5.08. The van der Waals surface area contributed by atoms with Crippen molar-refractivity contribution in [3.05, 3.63) is 28.8 Å². The first-order valence-electron chi connectivity index (χ1n) is 7.22. The Morgan fingerprint density at radius 1 is 1.37 bits per heavy atom. The Balaban J connectivity index is 2.19. The van der Waals surface area contributed by atoms with Gasteiger partial charge in [0.1, 0.15) is 16.9 Å². The number of aromatic hydroxyl groups is 1. The minimum absolute atomic E-state index is 0.0410. The topological polar surface area (TPSA) is 112 Å². The van der Waals surface area contributed by atoms with Crippen LogP contribution in [-0.2, 0) is 11.0 Å². The molecule has 0 saturated carbocycles. The van der Waals surface area contributed by atoms with E-state index in [-0.39, 0.29) is 20.6 Å². The first kappa shape index (κ1) is 19.1. The van der Waals surface area contributed by atoms with Crippen molar-refractivity contribution in [2.45, 2.75) is 19.1 Å². The fourth-order valence-electron chi connectivity index (χ4n) is 2.33. The van der Waals surface area contributed by atoms with Crippen LogP contribution >= 0.6 is 22.9 Å². The summed E-state index contributed by atoms with van der Waals surface area (Å²) >= 11 is 6.93. The van der Waals surface area contributed by atoms with Crippen LogP contribution in [-0.4, -0.2) is 38.1 Å². The second-order valence-corrected chi connectivity index (χ2v) is 6.91. The van der Waals surface area contributed by atoms with Gasteiger partial charge in [0.05, 0.1) is 9.40 Å². The van der Waals surface area contributed by atoms with E-state index in [4.69, 9.17) is 16.7 Å². The predicted molar refractivity (Wildman–Crippen MR) is 91.2 cm³/mol. The largest absolute Gasteiger partial charge is 0.504 e. The standard InChI is InChI=1S/C15H9ClF3N3O4S/c1-4(14(25)26)21-13(24)9-10(23)11-8(12(16)22-9)5-2-7(15(17,18)19)20-3-6(5)27-11/h2-4,23H,1H3,(H,21,24)(H,25,26). The maximum atomic E-state index is 12.9. The van der Waals surface area contributed by atoms with Gasteiger partial charge < -0.3 is 15.5 Å². The molecule has 1 atom stereocenters. The van der Waals surface area contributed by atoms with Crippen LogP contribution in [0.1, 0.15) is 23.1 Å². The zero-order valence-electron chi connectivity index (χ0n) is 13.3. The first-order valence-corrected chi connectivity index (χ1v) is 8.41. The van der Waals surface area contributed by atoms with Gasteiger partial charge in [0.2, 0.25) is 0 Å². The zero-order chi connectivity index (χ0) is 20.1. The van der Waals surface area contributed by atoms with Crippen LogP contribution in [0.25, 0.3) is 20.2 Å². The molecule has 0 aromatic carbocycles. The molecule has 7 nitrogen and oxygen atoms in total. The molecule has 3 aromatic heterocycles.